The van der Waals surface area contributed by atoms with E-state index in [-0.39, 0.29) is 5.91 Å². The molecule has 2 aliphatic rings. The molecule has 2 aromatic rings. The van der Waals surface area contributed by atoms with Gasteiger partial charge in [-0.25, -0.2) is 0 Å². The highest BCUT2D eigenvalue weighted by molar-refractivity contribution is 6.39. The van der Waals surface area contributed by atoms with Gasteiger partial charge in [0.05, 0.1) is 5.69 Å². The van der Waals surface area contributed by atoms with Gasteiger partial charge in [0.25, 0.3) is 0 Å². The van der Waals surface area contributed by atoms with Crippen molar-refractivity contribution in [2.45, 2.75) is 39.2 Å². The van der Waals surface area contributed by atoms with Crippen molar-refractivity contribution in [3.8, 4) is 0 Å². The Kier molecular flexibility index (Phi) is 4.86. The molecule has 0 atom stereocenters. The monoisotopic (exact) mass is 377 g/mol. The van der Waals surface area contributed by atoms with Crippen molar-refractivity contribution in [3.05, 3.63) is 58.7 Å². The number of hydrogen-bond donors (Lipinski definition) is 2. The van der Waals surface area contributed by atoms with E-state index in [0.717, 1.165) is 47.3 Å². The van der Waals surface area contributed by atoms with Gasteiger partial charge in [-0.15, -0.1) is 0 Å². The number of carbonyl (C=O) groups is 3. The first-order valence-electron chi connectivity index (χ1n) is 9.62. The predicted octanol–water partition coefficient (Wildman–Crippen LogP) is 2.48. The molecule has 0 spiro atoms. The van der Waals surface area contributed by atoms with Crippen molar-refractivity contribution in [3.63, 3.8) is 0 Å². The number of nitrogens with zero attached hydrogens (tertiary/aromatic N) is 1. The summed E-state index contributed by atoms with van der Waals surface area (Å²) in [6, 6.07) is 11.6. The Balaban J connectivity index is 1.44. The van der Waals surface area contributed by atoms with Crippen LogP contribution in [0.5, 0.6) is 0 Å². The lowest BCUT2D eigenvalue weighted by molar-refractivity contribution is -0.136. The fraction of sp³-hybridized carbons (Fsp3) is 0.318. The van der Waals surface area contributed by atoms with Gasteiger partial charge in [-0.05, 0) is 55.0 Å². The van der Waals surface area contributed by atoms with Crippen LogP contribution in [0.25, 0.3) is 0 Å². The maximum Gasteiger partial charge on any atom is 0.313 e. The second-order valence-corrected chi connectivity index (χ2v) is 7.41. The molecule has 0 radical (unpaired) electrons. The number of amides is 3. The number of nitrogens with one attached hydrogen (secondary N) is 2. The average molecular weight is 377 g/mol. The summed E-state index contributed by atoms with van der Waals surface area (Å²) in [5.74, 6) is -1.18. The van der Waals surface area contributed by atoms with Crippen LogP contribution in [0.4, 0.5) is 11.4 Å². The summed E-state index contributed by atoms with van der Waals surface area (Å²) in [4.78, 5) is 38.5. The molecule has 6 nitrogen and oxygen atoms in total. The van der Waals surface area contributed by atoms with Crippen molar-refractivity contribution < 1.29 is 14.4 Å². The minimum absolute atomic E-state index is 0.167. The molecule has 2 heterocycles. The van der Waals surface area contributed by atoms with Crippen molar-refractivity contribution in [1.29, 1.82) is 0 Å². The van der Waals surface area contributed by atoms with Crippen LogP contribution in [0.15, 0.2) is 36.4 Å². The summed E-state index contributed by atoms with van der Waals surface area (Å²) >= 11 is 0. The summed E-state index contributed by atoms with van der Waals surface area (Å²) in [7, 11) is 0. The Morgan fingerprint density at radius 1 is 1.00 bits per heavy atom. The summed E-state index contributed by atoms with van der Waals surface area (Å²) in [6.07, 6.45) is 2.93. The van der Waals surface area contributed by atoms with Crippen LogP contribution in [0.3, 0.4) is 0 Å². The van der Waals surface area contributed by atoms with Crippen molar-refractivity contribution >= 4 is 29.1 Å². The highest BCUT2D eigenvalue weighted by atomic mass is 16.2. The standard InChI is InChI=1S/C22H23N3O3/c1-14-4-6-15(7-5-14)13-23-21(27)22(28)24-18-11-16-3-2-10-25-19(26)9-8-17(12-18)20(16)25/h4-7,11-12H,2-3,8-10,13H2,1H3,(H,23,27)(H,24,28). The molecule has 2 aromatic carbocycles. The highest BCUT2D eigenvalue weighted by Gasteiger charge is 2.30. The van der Waals surface area contributed by atoms with Gasteiger partial charge in [0.15, 0.2) is 0 Å². The van der Waals surface area contributed by atoms with Crippen LogP contribution in [0.1, 0.15) is 35.1 Å². The zero-order chi connectivity index (χ0) is 19.7. The lowest BCUT2D eigenvalue weighted by Gasteiger charge is -2.35. The number of rotatable bonds is 3. The molecule has 2 N–H and O–H groups in total. The van der Waals surface area contributed by atoms with E-state index >= 15 is 0 Å². The van der Waals surface area contributed by atoms with E-state index in [1.54, 1.807) is 0 Å². The van der Waals surface area contributed by atoms with Gasteiger partial charge in [0, 0.05) is 25.2 Å². The van der Waals surface area contributed by atoms with E-state index in [1.807, 2.05) is 48.2 Å². The summed E-state index contributed by atoms with van der Waals surface area (Å²) in [5, 5.41) is 5.36. The molecule has 3 amide bonds. The third kappa shape index (κ3) is 3.63. The van der Waals surface area contributed by atoms with Crippen molar-refractivity contribution in [2.75, 3.05) is 16.8 Å². The summed E-state index contributed by atoms with van der Waals surface area (Å²) < 4.78 is 0. The van der Waals surface area contributed by atoms with Gasteiger partial charge in [0.2, 0.25) is 5.91 Å². The molecule has 0 aliphatic carbocycles. The molecule has 0 unspecified atom stereocenters. The Hall–Kier alpha value is -3.15. The average Bonchev–Trinajstić information content (AvgIpc) is 2.70. The molecule has 4 rings (SSSR count). The number of aryl methyl sites for hydroxylation is 3. The first-order valence-corrected chi connectivity index (χ1v) is 9.62. The van der Waals surface area contributed by atoms with Crippen molar-refractivity contribution in [1.82, 2.24) is 5.32 Å². The normalized spacial score (nSPS) is 15.0. The largest absolute Gasteiger partial charge is 0.344 e. The van der Waals surface area contributed by atoms with E-state index in [4.69, 9.17) is 0 Å². The van der Waals surface area contributed by atoms with Crippen LogP contribution in [-0.4, -0.2) is 24.3 Å². The van der Waals surface area contributed by atoms with Gasteiger partial charge in [-0.2, -0.15) is 0 Å². The minimum Gasteiger partial charge on any atom is -0.344 e. The first-order chi connectivity index (χ1) is 13.5. The fourth-order valence-corrected chi connectivity index (χ4v) is 3.88. The molecule has 0 aromatic heterocycles. The Morgan fingerprint density at radius 2 is 1.71 bits per heavy atom. The zero-order valence-electron chi connectivity index (χ0n) is 15.9. The topological polar surface area (TPSA) is 78.5 Å². The van der Waals surface area contributed by atoms with Gasteiger partial charge in [-0.1, -0.05) is 29.8 Å². The molecule has 0 bridgehead atoms. The van der Waals surface area contributed by atoms with Crippen LogP contribution in [0, 0.1) is 6.92 Å². The number of benzene rings is 2. The van der Waals surface area contributed by atoms with Crippen LogP contribution in [-0.2, 0) is 33.8 Å². The third-order valence-electron chi connectivity index (χ3n) is 5.31. The molecule has 0 saturated heterocycles. The second-order valence-electron chi connectivity index (χ2n) is 7.41. The molecular weight excluding hydrogens is 354 g/mol. The Morgan fingerprint density at radius 3 is 2.46 bits per heavy atom. The number of carbonyl (C=O) groups excluding carboxylic acids is 3. The van der Waals surface area contributed by atoms with Crippen molar-refractivity contribution in [2.24, 2.45) is 0 Å². The van der Waals surface area contributed by atoms with Gasteiger partial charge >= 0.3 is 11.8 Å². The molecule has 2 aliphatic heterocycles. The predicted molar refractivity (Wildman–Crippen MR) is 107 cm³/mol. The van der Waals surface area contributed by atoms with E-state index in [0.29, 0.717) is 25.1 Å². The van der Waals surface area contributed by atoms with Crippen LogP contribution in [0.2, 0.25) is 0 Å². The molecule has 0 fully saturated rings. The smallest absolute Gasteiger partial charge is 0.313 e. The van der Waals surface area contributed by atoms with E-state index < -0.39 is 11.8 Å². The third-order valence-corrected chi connectivity index (χ3v) is 5.31. The van der Waals surface area contributed by atoms with Gasteiger partial charge in [0.1, 0.15) is 0 Å². The second kappa shape index (κ2) is 7.46. The Labute approximate surface area is 163 Å². The van der Waals surface area contributed by atoms with Crippen LogP contribution >= 0.6 is 0 Å². The highest BCUT2D eigenvalue weighted by Crippen LogP contribution is 2.37. The molecule has 144 valence electrons. The maximum absolute atomic E-state index is 12.3. The number of anilines is 2. The van der Waals surface area contributed by atoms with E-state index in [2.05, 4.69) is 10.6 Å². The zero-order valence-corrected chi connectivity index (χ0v) is 15.9. The lowest BCUT2D eigenvalue weighted by atomic mass is 9.91. The maximum atomic E-state index is 12.3. The molecule has 6 heteroatoms. The Bertz CT molecular complexity index is 933. The van der Waals surface area contributed by atoms with E-state index in [9.17, 15) is 14.4 Å². The van der Waals surface area contributed by atoms with Gasteiger partial charge < -0.3 is 15.5 Å². The van der Waals surface area contributed by atoms with E-state index in [1.165, 1.54) is 0 Å². The quantitative estimate of drug-likeness (QED) is 0.807. The summed E-state index contributed by atoms with van der Waals surface area (Å²) in [6.45, 7) is 3.06. The fourth-order valence-electron chi connectivity index (χ4n) is 3.88. The lowest BCUT2D eigenvalue weighted by Crippen LogP contribution is -2.39. The molecule has 28 heavy (non-hydrogen) atoms. The minimum atomic E-state index is -0.682. The van der Waals surface area contributed by atoms with Crippen LogP contribution < -0.4 is 15.5 Å². The van der Waals surface area contributed by atoms with Gasteiger partial charge in [-0.3, -0.25) is 14.4 Å². The molecular formula is C22H23N3O3. The SMILES string of the molecule is Cc1ccc(CNC(=O)C(=O)Nc2cc3c4c(c2)CCC(=O)N4CCC3)cc1. The molecule has 0 saturated carbocycles. The number of hydrogen-bond acceptors (Lipinski definition) is 3. The summed E-state index contributed by atoms with van der Waals surface area (Å²) in [5.41, 5.74) is 5.82. The first kappa shape index (κ1) is 18.2.